The van der Waals surface area contributed by atoms with Gasteiger partial charge in [0.1, 0.15) is 6.04 Å². The second kappa shape index (κ2) is 11.7. The maximum Gasteiger partial charge on any atom is 0.326 e. The molecule has 0 radical (unpaired) electrons. The number of aliphatic hydroxyl groups is 1. The molecule has 34 heavy (non-hydrogen) atoms. The van der Waals surface area contributed by atoms with E-state index in [2.05, 4.69) is 10.6 Å². The maximum atomic E-state index is 12.9. The Kier molecular flexibility index (Phi) is 8.65. The normalized spacial score (nSPS) is 13.4. The molecule has 0 heterocycles. The van der Waals surface area contributed by atoms with E-state index in [-0.39, 0.29) is 16.5 Å². The molecule has 0 saturated carbocycles. The van der Waals surface area contributed by atoms with Gasteiger partial charge in [0.25, 0.3) is 11.8 Å². The molecule has 4 N–H and O–H groups in total. The Bertz CT molecular complexity index is 1140. The third-order valence-corrected chi connectivity index (χ3v) is 5.86. The van der Waals surface area contributed by atoms with Gasteiger partial charge in [-0.05, 0) is 35.4 Å². The van der Waals surface area contributed by atoms with E-state index < -0.39 is 36.0 Å². The second-order valence-corrected chi connectivity index (χ2v) is 8.29. The minimum atomic E-state index is -1.78. The Morgan fingerprint density at radius 2 is 1.35 bits per heavy atom. The van der Waals surface area contributed by atoms with Gasteiger partial charge in [0.15, 0.2) is 6.10 Å². The quantitative estimate of drug-likeness (QED) is 0.358. The van der Waals surface area contributed by atoms with Crippen LogP contribution in [-0.2, 0) is 16.0 Å². The fourth-order valence-electron chi connectivity index (χ4n) is 3.36. The van der Waals surface area contributed by atoms with Crippen LogP contribution in [0.15, 0.2) is 78.9 Å². The van der Waals surface area contributed by atoms with Crippen LogP contribution in [0.5, 0.6) is 0 Å². The van der Waals surface area contributed by atoms with E-state index in [9.17, 15) is 24.6 Å². The van der Waals surface area contributed by atoms with Gasteiger partial charge < -0.3 is 20.8 Å². The van der Waals surface area contributed by atoms with Gasteiger partial charge in [-0.25, -0.2) is 4.79 Å². The molecule has 3 atom stereocenters. The summed E-state index contributed by atoms with van der Waals surface area (Å²) < 4.78 is 0. The van der Waals surface area contributed by atoms with Crippen LogP contribution >= 0.6 is 23.2 Å². The largest absolute Gasteiger partial charge is 0.480 e. The van der Waals surface area contributed by atoms with Crippen molar-refractivity contribution in [3.8, 4) is 0 Å². The number of carbonyl (C=O) groups is 3. The van der Waals surface area contributed by atoms with Crippen molar-refractivity contribution in [2.24, 2.45) is 0 Å². The molecule has 0 saturated heterocycles. The van der Waals surface area contributed by atoms with E-state index in [4.69, 9.17) is 23.2 Å². The zero-order valence-corrected chi connectivity index (χ0v) is 19.3. The molecule has 3 rings (SSSR count). The number of amides is 2. The molecule has 3 aromatic rings. The lowest BCUT2D eigenvalue weighted by Gasteiger charge is -2.25. The highest BCUT2D eigenvalue weighted by Gasteiger charge is 2.32. The summed E-state index contributed by atoms with van der Waals surface area (Å²) in [4.78, 5) is 37.5. The molecule has 0 fully saturated rings. The maximum absolute atomic E-state index is 12.9. The molecular weight excluding hydrogens is 479 g/mol. The fraction of sp³-hybridized carbons (Fsp3) is 0.160. The topological polar surface area (TPSA) is 116 Å². The van der Waals surface area contributed by atoms with Crippen molar-refractivity contribution in [3.05, 3.63) is 106 Å². The fourth-order valence-corrected chi connectivity index (χ4v) is 3.91. The van der Waals surface area contributed by atoms with Gasteiger partial charge in [-0.3, -0.25) is 9.59 Å². The molecule has 9 heteroatoms. The average Bonchev–Trinajstić information content (AvgIpc) is 2.84. The van der Waals surface area contributed by atoms with Crippen molar-refractivity contribution in [1.82, 2.24) is 10.6 Å². The van der Waals surface area contributed by atoms with E-state index >= 15 is 0 Å². The molecule has 0 aromatic heterocycles. The van der Waals surface area contributed by atoms with Gasteiger partial charge in [0.05, 0.1) is 6.04 Å². The van der Waals surface area contributed by atoms with Crippen molar-refractivity contribution in [1.29, 1.82) is 0 Å². The van der Waals surface area contributed by atoms with Gasteiger partial charge in [-0.15, -0.1) is 0 Å². The van der Waals surface area contributed by atoms with E-state index in [0.29, 0.717) is 16.7 Å². The summed E-state index contributed by atoms with van der Waals surface area (Å²) in [5.41, 5.74) is 1.16. The first kappa shape index (κ1) is 25.2. The van der Waals surface area contributed by atoms with Crippen molar-refractivity contribution >= 4 is 41.0 Å². The molecule has 176 valence electrons. The van der Waals surface area contributed by atoms with E-state index in [0.717, 1.165) is 0 Å². The molecule has 0 unspecified atom stereocenters. The minimum Gasteiger partial charge on any atom is -0.480 e. The number of benzene rings is 3. The number of halogens is 2. The smallest absolute Gasteiger partial charge is 0.326 e. The summed E-state index contributed by atoms with van der Waals surface area (Å²) in [6.07, 6.45) is -1.97. The second-order valence-electron chi connectivity index (χ2n) is 7.48. The highest BCUT2D eigenvalue weighted by molar-refractivity contribution is 6.36. The van der Waals surface area contributed by atoms with Crippen LogP contribution in [0.25, 0.3) is 0 Å². The summed E-state index contributed by atoms with van der Waals surface area (Å²) in [6, 6.07) is 18.9. The molecule has 0 aliphatic rings. The molecule has 0 bridgehead atoms. The monoisotopic (exact) mass is 500 g/mol. The first-order valence-electron chi connectivity index (χ1n) is 10.3. The lowest BCUT2D eigenvalue weighted by molar-refractivity contribution is -0.143. The Labute approximate surface area is 206 Å². The number of hydrogen-bond acceptors (Lipinski definition) is 4. The number of carbonyl (C=O) groups excluding carboxylic acids is 2. The first-order chi connectivity index (χ1) is 16.3. The van der Waals surface area contributed by atoms with Crippen LogP contribution in [0.2, 0.25) is 10.0 Å². The average molecular weight is 501 g/mol. The molecule has 3 aromatic carbocycles. The number of rotatable bonds is 9. The predicted molar refractivity (Wildman–Crippen MR) is 129 cm³/mol. The van der Waals surface area contributed by atoms with E-state index in [1.54, 1.807) is 78.9 Å². The van der Waals surface area contributed by atoms with Crippen LogP contribution < -0.4 is 10.6 Å². The summed E-state index contributed by atoms with van der Waals surface area (Å²) in [5, 5.41) is 26.0. The number of hydrogen-bond donors (Lipinski definition) is 4. The standard InChI is InChI=1S/C25H22Cl2N2O5/c26-18-12-7-13-19(27)17(18)14-20(25(33)34)28-24(32)22(30)21(15-8-3-1-4-9-15)29-23(31)16-10-5-2-6-11-16/h1-13,20-22,30H,14H2,(H,28,32)(H,29,31)(H,33,34)/t20-,21-,22+/m0/s1. The summed E-state index contributed by atoms with van der Waals surface area (Å²) in [5.74, 6) is -2.81. The molecule has 0 spiro atoms. The van der Waals surface area contributed by atoms with Crippen LogP contribution in [0.4, 0.5) is 0 Å². The molecule has 7 nitrogen and oxygen atoms in total. The minimum absolute atomic E-state index is 0.196. The molecule has 2 amide bonds. The van der Waals surface area contributed by atoms with Gasteiger partial charge in [0.2, 0.25) is 0 Å². The van der Waals surface area contributed by atoms with Gasteiger partial charge in [-0.2, -0.15) is 0 Å². The van der Waals surface area contributed by atoms with E-state index in [1.807, 2.05) is 0 Å². The predicted octanol–water partition coefficient (Wildman–Crippen LogP) is 3.64. The highest BCUT2D eigenvalue weighted by Crippen LogP contribution is 2.26. The number of carboxylic acid groups (broad SMARTS) is 1. The zero-order valence-electron chi connectivity index (χ0n) is 17.8. The Morgan fingerprint density at radius 1 is 0.794 bits per heavy atom. The number of carboxylic acids is 1. The first-order valence-corrected chi connectivity index (χ1v) is 11.1. The van der Waals surface area contributed by atoms with Crippen LogP contribution in [0.3, 0.4) is 0 Å². The van der Waals surface area contributed by atoms with Crippen molar-refractivity contribution < 1.29 is 24.6 Å². The Balaban J connectivity index is 1.81. The Hall–Kier alpha value is -3.39. The van der Waals surface area contributed by atoms with Crippen molar-refractivity contribution in [3.63, 3.8) is 0 Å². The third-order valence-electron chi connectivity index (χ3n) is 5.15. The SMILES string of the molecule is O=C(N[C@@H](c1ccccc1)[C@@H](O)C(=O)N[C@@H](Cc1c(Cl)cccc1Cl)C(=O)O)c1ccccc1. The zero-order chi connectivity index (χ0) is 24.7. The highest BCUT2D eigenvalue weighted by atomic mass is 35.5. The van der Waals surface area contributed by atoms with E-state index in [1.165, 1.54) is 0 Å². The number of nitrogens with one attached hydrogen (secondary N) is 2. The van der Waals surface area contributed by atoms with Gasteiger partial charge in [0, 0.05) is 22.0 Å². The van der Waals surface area contributed by atoms with Crippen LogP contribution in [-0.4, -0.2) is 40.1 Å². The third kappa shape index (κ3) is 6.35. The molecular formula is C25H22Cl2N2O5. The van der Waals surface area contributed by atoms with Crippen molar-refractivity contribution in [2.75, 3.05) is 0 Å². The lowest BCUT2D eigenvalue weighted by Crippen LogP contribution is -2.50. The van der Waals surface area contributed by atoms with Gasteiger partial charge in [-0.1, -0.05) is 77.8 Å². The van der Waals surface area contributed by atoms with Gasteiger partial charge >= 0.3 is 5.97 Å². The van der Waals surface area contributed by atoms with Crippen LogP contribution in [0.1, 0.15) is 27.5 Å². The lowest BCUT2D eigenvalue weighted by atomic mass is 9.99. The Morgan fingerprint density at radius 3 is 1.91 bits per heavy atom. The van der Waals surface area contributed by atoms with Crippen LogP contribution in [0, 0.1) is 0 Å². The molecule has 0 aliphatic heterocycles. The summed E-state index contributed by atoms with van der Waals surface area (Å²) in [7, 11) is 0. The number of aliphatic carboxylic acids is 1. The van der Waals surface area contributed by atoms with Crippen molar-refractivity contribution in [2.45, 2.75) is 24.6 Å². The summed E-state index contributed by atoms with van der Waals surface area (Å²) >= 11 is 12.3. The molecule has 0 aliphatic carbocycles. The summed E-state index contributed by atoms with van der Waals surface area (Å²) in [6.45, 7) is 0. The number of aliphatic hydroxyl groups excluding tert-OH is 1.